The zero-order chi connectivity index (χ0) is 57.7. The van der Waals surface area contributed by atoms with Crippen molar-refractivity contribution < 1.29 is 29.3 Å². The van der Waals surface area contributed by atoms with Crippen molar-refractivity contribution in [2.45, 2.75) is 149 Å². The fourth-order valence-corrected chi connectivity index (χ4v) is 12.8. The lowest BCUT2D eigenvalue weighted by Crippen LogP contribution is -2.57. The summed E-state index contributed by atoms with van der Waals surface area (Å²) in [6.07, 6.45) is 18.1. The number of carbonyl (C=O) groups excluding carboxylic acids is 3. The minimum Gasteiger partial charge on any atom is -0.504 e. The second-order valence-corrected chi connectivity index (χ2v) is 24.6. The second kappa shape index (κ2) is 25.7. The number of rotatable bonds is 21. The molecule has 2 bridgehead atoms. The predicted molar refractivity (Wildman–Crippen MR) is 324 cm³/mol. The van der Waals surface area contributed by atoms with Gasteiger partial charge >= 0.3 is 6.01 Å². The molecule has 10 rings (SSSR count). The molecule has 0 radical (unpaired) electrons. The van der Waals surface area contributed by atoms with Crippen LogP contribution in [-0.2, 0) is 20.9 Å². The predicted octanol–water partition coefficient (Wildman–Crippen LogP) is 7.83. The van der Waals surface area contributed by atoms with Crippen molar-refractivity contribution in [2.75, 3.05) is 70.4 Å². The number of ether oxygens (including phenoxy) is 1. The summed E-state index contributed by atoms with van der Waals surface area (Å²) >= 11 is 0. The Labute approximate surface area is 483 Å². The Kier molecular flexibility index (Phi) is 18.2. The molecule has 0 saturated carbocycles. The summed E-state index contributed by atoms with van der Waals surface area (Å²) in [5.41, 5.74) is 8.04. The first kappa shape index (κ1) is 58.2. The van der Waals surface area contributed by atoms with Gasteiger partial charge in [0.25, 0.3) is 0 Å². The number of hydrogen-bond donors (Lipinski definition) is 5. The van der Waals surface area contributed by atoms with Gasteiger partial charge in [0.05, 0.1) is 18.1 Å². The quantitative estimate of drug-likeness (QED) is 0.0352. The molecule has 0 aliphatic carbocycles. The number of β-amino-alcohol motifs (C(OH)–C–C–N with tert-alkyl or cyclic N) is 1. The summed E-state index contributed by atoms with van der Waals surface area (Å²) in [5.74, 6) is 2.76. The van der Waals surface area contributed by atoms with E-state index in [-0.39, 0.29) is 42.4 Å². The average Bonchev–Trinajstić information content (AvgIpc) is 2.16. The molecule has 2 unspecified atom stereocenters. The van der Waals surface area contributed by atoms with Gasteiger partial charge in [0.2, 0.25) is 17.7 Å². The molecule has 2 aromatic heterocycles. The molecule has 17 heteroatoms. The average molecular weight is 1110 g/mol. The number of fused-ring (bicyclic) bond motifs is 4. The highest BCUT2D eigenvalue weighted by Gasteiger charge is 2.44. The number of amides is 3. The van der Waals surface area contributed by atoms with Crippen LogP contribution < -0.4 is 25.6 Å². The Morgan fingerprint density at radius 3 is 2.29 bits per heavy atom. The van der Waals surface area contributed by atoms with Crippen molar-refractivity contribution >= 4 is 57.0 Å². The molecular weight excluding hydrogens is 1030 g/mol. The molecule has 5 aliphatic heterocycles. The van der Waals surface area contributed by atoms with E-state index in [0.29, 0.717) is 48.3 Å². The topological polar surface area (TPSA) is 201 Å². The highest BCUT2D eigenvalue weighted by Crippen LogP contribution is 2.42. The number of likely N-dealkylation sites (tertiary alicyclic amines) is 1. The van der Waals surface area contributed by atoms with E-state index in [1.54, 1.807) is 6.20 Å². The van der Waals surface area contributed by atoms with Crippen LogP contribution in [0.25, 0.3) is 38.5 Å². The normalized spacial score (nSPS) is 20.7. The van der Waals surface area contributed by atoms with Crippen LogP contribution in [0.3, 0.4) is 0 Å². The molecule has 4 saturated heterocycles. The minimum atomic E-state index is -0.847. The van der Waals surface area contributed by atoms with E-state index in [9.17, 15) is 24.6 Å². The Morgan fingerprint density at radius 2 is 1.60 bits per heavy atom. The molecule has 3 aromatic carbocycles. The van der Waals surface area contributed by atoms with E-state index in [0.717, 1.165) is 166 Å². The smallest absolute Gasteiger partial charge is 0.319 e. The molecule has 434 valence electrons. The molecule has 5 N–H and O–H groups in total. The van der Waals surface area contributed by atoms with Gasteiger partial charge in [0, 0.05) is 125 Å². The maximum absolute atomic E-state index is 14.1. The first-order valence-corrected chi connectivity index (χ1v) is 29.9. The fourth-order valence-electron chi connectivity index (χ4n) is 12.8. The number of terminal acetylenes is 1. The molecule has 5 atom stereocenters. The lowest BCUT2D eigenvalue weighted by atomic mass is 9.85. The van der Waals surface area contributed by atoms with E-state index in [2.05, 4.69) is 53.7 Å². The number of aromatic hydroxyl groups is 1. The molecule has 17 nitrogen and oxygen atoms in total. The summed E-state index contributed by atoms with van der Waals surface area (Å²) < 4.78 is 6.36. The van der Waals surface area contributed by atoms with Gasteiger partial charge in [0.15, 0.2) is 5.75 Å². The van der Waals surface area contributed by atoms with Crippen LogP contribution in [-0.4, -0.2) is 160 Å². The van der Waals surface area contributed by atoms with Crippen LogP contribution in [0.15, 0.2) is 65.4 Å². The third-order valence-corrected chi connectivity index (χ3v) is 17.3. The van der Waals surface area contributed by atoms with Crippen molar-refractivity contribution in [1.29, 1.82) is 0 Å². The standard InChI is InChI=1S/C65H83N11O6/c1-8-50-42(3)16-19-46-33-41(2)34-52(56(46)50)57-59(79)58-53(37-67-57)61(75-38-47-22-23-48(39-75)69-47)72-64(71-58)82-32-14-27-74-30-28-73(29-31-74)26-13-11-9-10-12-15-55(78)70-60(65(5,6)7)63(81)76-40-49(77)35-54(76)62(80)68-36-44-17-20-45(21-18-44)51-24-25-66-43(51)4/h1,16-21,25,33-34,37,47-49,54,60,69,77,79H,9-15,22-24,26-32,35-36,38-40H2,2-7H3,(H,68,80)(H,70,78)/t47?,48?,49-,54+,60-/m1/s1. The number of aromatic nitrogens is 3. The number of anilines is 1. The second-order valence-electron chi connectivity index (χ2n) is 24.6. The van der Waals surface area contributed by atoms with E-state index >= 15 is 0 Å². The zero-order valence-electron chi connectivity index (χ0n) is 48.9. The Hall–Kier alpha value is -6.97. The third-order valence-electron chi connectivity index (χ3n) is 17.3. The van der Waals surface area contributed by atoms with Gasteiger partial charge in [-0.05, 0) is 104 Å². The van der Waals surface area contributed by atoms with E-state index in [4.69, 9.17) is 26.1 Å². The number of nitrogens with zero attached hydrogens (tertiary/aromatic N) is 8. The van der Waals surface area contributed by atoms with Crippen LogP contribution in [0.1, 0.15) is 126 Å². The summed E-state index contributed by atoms with van der Waals surface area (Å²) in [6, 6.07) is 15.6. The fraction of sp³-hybridized carbons (Fsp3) is 0.523. The summed E-state index contributed by atoms with van der Waals surface area (Å²) in [4.78, 5) is 69.0. The number of aliphatic imine (C=N–C) groups is 1. The molecule has 5 aromatic rings. The number of aryl methyl sites for hydroxylation is 2. The lowest BCUT2D eigenvalue weighted by Gasteiger charge is -2.35. The van der Waals surface area contributed by atoms with Crippen LogP contribution in [0, 0.1) is 31.6 Å². The summed E-state index contributed by atoms with van der Waals surface area (Å²) in [5, 5.41) is 35.1. The number of piperazine rings is 2. The molecule has 5 aliphatic rings. The first-order chi connectivity index (χ1) is 39.5. The third kappa shape index (κ3) is 13.4. The number of pyridine rings is 1. The Bertz CT molecular complexity index is 3250. The lowest BCUT2D eigenvalue weighted by molar-refractivity contribution is -0.144. The molecule has 0 spiro atoms. The van der Waals surface area contributed by atoms with Crippen LogP contribution in [0.5, 0.6) is 11.8 Å². The van der Waals surface area contributed by atoms with Crippen LogP contribution >= 0.6 is 0 Å². The summed E-state index contributed by atoms with van der Waals surface area (Å²) in [7, 11) is 0. The highest BCUT2D eigenvalue weighted by molar-refractivity contribution is 6.05. The number of carbonyl (C=O) groups is 3. The molecule has 82 heavy (non-hydrogen) atoms. The number of aliphatic hydroxyl groups is 1. The zero-order valence-corrected chi connectivity index (χ0v) is 48.9. The van der Waals surface area contributed by atoms with Crippen LogP contribution in [0.2, 0.25) is 0 Å². The van der Waals surface area contributed by atoms with E-state index in [1.807, 2.05) is 84.2 Å². The minimum absolute atomic E-state index is 0.0163. The van der Waals surface area contributed by atoms with Gasteiger partial charge < -0.3 is 50.5 Å². The molecular formula is C65H83N11O6. The maximum atomic E-state index is 14.1. The van der Waals surface area contributed by atoms with E-state index < -0.39 is 23.6 Å². The number of benzene rings is 3. The largest absolute Gasteiger partial charge is 0.504 e. The molecule has 7 heterocycles. The summed E-state index contributed by atoms with van der Waals surface area (Å²) in [6.45, 7) is 20.1. The van der Waals surface area contributed by atoms with Gasteiger partial charge in [-0.3, -0.25) is 24.4 Å². The van der Waals surface area contributed by atoms with Crippen molar-refractivity contribution in [2.24, 2.45) is 10.4 Å². The monoisotopic (exact) mass is 1110 g/mol. The molecule has 4 fully saturated rings. The van der Waals surface area contributed by atoms with Crippen molar-refractivity contribution in [1.82, 2.24) is 45.6 Å². The maximum Gasteiger partial charge on any atom is 0.319 e. The number of hydrogen-bond acceptors (Lipinski definition) is 14. The van der Waals surface area contributed by atoms with Crippen molar-refractivity contribution in [3.63, 3.8) is 0 Å². The van der Waals surface area contributed by atoms with Crippen molar-refractivity contribution in [3.05, 3.63) is 88.2 Å². The van der Waals surface area contributed by atoms with Gasteiger partial charge in [-0.25, -0.2) is 0 Å². The Morgan fingerprint density at radius 1 is 0.890 bits per heavy atom. The number of allylic oxidation sites excluding steroid dienone is 2. The number of nitrogens with one attached hydrogen (secondary N) is 3. The van der Waals surface area contributed by atoms with Gasteiger partial charge in [-0.15, -0.1) is 6.42 Å². The van der Waals surface area contributed by atoms with Gasteiger partial charge in [-0.1, -0.05) is 88.4 Å². The van der Waals surface area contributed by atoms with Crippen molar-refractivity contribution in [3.8, 4) is 35.4 Å². The number of aliphatic hydroxyl groups excluding tert-OH is 1. The van der Waals surface area contributed by atoms with E-state index in [1.165, 1.54) is 10.5 Å². The van der Waals surface area contributed by atoms with Crippen LogP contribution in [0.4, 0.5) is 5.82 Å². The Balaban J connectivity index is 0.647. The first-order valence-electron chi connectivity index (χ1n) is 29.9. The highest BCUT2D eigenvalue weighted by atomic mass is 16.5. The van der Waals surface area contributed by atoms with Gasteiger partial charge in [-0.2, -0.15) is 9.97 Å². The SMILES string of the molecule is C#Cc1c(C)ccc2cc(C)cc(-c3ncc4c(N5CC6CCC(C5)N6)nc(OCCCN5CCN(CCCCCCCC(=O)N[C@H](C(=O)N6C[C@H](O)C[C@H]6C(=O)NCc6ccc(C7=C(C)N=CC7)cc6)C(C)(C)C)CC5)nc4c3O)c12. The number of unbranched alkanes of at least 4 members (excludes halogenated alkanes) is 4. The van der Waals surface area contributed by atoms with Gasteiger partial charge in [0.1, 0.15) is 29.1 Å². The molecule has 3 amide bonds.